The number of nitrogens with one attached hydrogen (secondary N) is 1. The Kier molecular flexibility index (Phi) is 4.67. The Hall–Kier alpha value is -1.96. The van der Waals surface area contributed by atoms with E-state index in [1.807, 2.05) is 26.8 Å². The van der Waals surface area contributed by atoms with E-state index in [-0.39, 0.29) is 11.7 Å². The molecule has 2 aromatic heterocycles. The van der Waals surface area contributed by atoms with Crippen molar-refractivity contribution < 1.29 is 14.0 Å². The first kappa shape index (κ1) is 14.4. The average Bonchev–Trinajstić information content (AvgIpc) is 2.83. The van der Waals surface area contributed by atoms with Gasteiger partial charge in [0.25, 0.3) is 6.20 Å². The molecule has 0 atom stereocenters. The zero-order chi connectivity index (χ0) is 14.5. The van der Waals surface area contributed by atoms with Crippen LogP contribution in [-0.4, -0.2) is 26.9 Å². The predicted octanol–water partition coefficient (Wildman–Crippen LogP) is 1.12. The number of aromatic nitrogens is 4. The number of hydrogen-bond acceptors (Lipinski definition) is 6. The molecule has 0 aromatic carbocycles. The normalized spacial score (nSPS) is 10.6. The number of hydrogen-bond donors (Lipinski definition) is 1. The van der Waals surface area contributed by atoms with Gasteiger partial charge in [-0.15, -0.1) is 0 Å². The van der Waals surface area contributed by atoms with Crippen LogP contribution in [0.2, 0.25) is 0 Å². The van der Waals surface area contributed by atoms with Gasteiger partial charge in [-0.25, -0.2) is 9.97 Å². The number of nitrogens with zero attached hydrogens (tertiary/aromatic N) is 4. The summed E-state index contributed by atoms with van der Waals surface area (Å²) in [5, 5.41) is 6.95. The summed E-state index contributed by atoms with van der Waals surface area (Å²) >= 11 is 1.29. The topological polar surface area (TPSA) is 84.8 Å². The van der Waals surface area contributed by atoms with Crippen LogP contribution < -0.4 is 10.00 Å². The molecule has 2 rings (SSSR count). The third-order valence-electron chi connectivity index (χ3n) is 2.39. The number of aryl methyl sites for hydroxylation is 3. The minimum atomic E-state index is -0.183. The number of carbonyl (C=O) groups excluding carboxylic acids is 1. The summed E-state index contributed by atoms with van der Waals surface area (Å²) in [6.07, 6.45) is 1.63. The lowest BCUT2D eigenvalue weighted by Gasteiger charge is -2.02. The Morgan fingerprint density at radius 2 is 2.10 bits per heavy atom. The van der Waals surface area contributed by atoms with Crippen molar-refractivity contribution >= 4 is 23.6 Å². The minimum Gasteiger partial charge on any atom is -0.288 e. The van der Waals surface area contributed by atoms with Gasteiger partial charge in [0.15, 0.2) is 11.7 Å². The fourth-order valence-corrected chi connectivity index (χ4v) is 2.29. The smallest absolute Gasteiger partial charge is 0.288 e. The lowest BCUT2D eigenvalue weighted by molar-refractivity contribution is -0.759. The van der Waals surface area contributed by atoms with Crippen LogP contribution in [0, 0.1) is 13.8 Å². The summed E-state index contributed by atoms with van der Waals surface area (Å²) in [6.45, 7) is 6.42. The molecular weight excluding hydrogens is 278 g/mol. The van der Waals surface area contributed by atoms with Gasteiger partial charge in [-0.2, -0.15) is 0 Å². The first-order chi connectivity index (χ1) is 9.56. The van der Waals surface area contributed by atoms with Crippen molar-refractivity contribution in [3.8, 4) is 0 Å². The molecule has 0 fully saturated rings. The molecule has 0 aliphatic heterocycles. The van der Waals surface area contributed by atoms with E-state index in [2.05, 4.69) is 20.6 Å². The SMILES string of the molecule is CC[n+]1cc(NC(=O)CSc2nc(C)cc(C)n2)on1. The number of carbonyl (C=O) groups is 1. The Morgan fingerprint density at radius 3 is 2.70 bits per heavy atom. The van der Waals surface area contributed by atoms with Crippen LogP contribution in [0.4, 0.5) is 5.88 Å². The van der Waals surface area contributed by atoms with Gasteiger partial charge in [-0.05, 0) is 26.8 Å². The van der Waals surface area contributed by atoms with Gasteiger partial charge >= 0.3 is 5.88 Å². The average molecular weight is 294 g/mol. The molecule has 106 valence electrons. The number of rotatable bonds is 5. The molecule has 20 heavy (non-hydrogen) atoms. The monoisotopic (exact) mass is 294 g/mol. The van der Waals surface area contributed by atoms with Crippen LogP contribution in [0.3, 0.4) is 0 Å². The van der Waals surface area contributed by atoms with Crippen LogP contribution in [0.5, 0.6) is 0 Å². The van der Waals surface area contributed by atoms with Crippen LogP contribution in [0.1, 0.15) is 18.3 Å². The van der Waals surface area contributed by atoms with Gasteiger partial charge in [0.1, 0.15) is 0 Å². The molecule has 7 nitrogen and oxygen atoms in total. The Balaban J connectivity index is 1.88. The Bertz CT molecular complexity index is 593. The molecule has 1 amide bonds. The zero-order valence-electron chi connectivity index (χ0n) is 11.6. The lowest BCUT2D eigenvalue weighted by Crippen LogP contribution is -2.32. The van der Waals surface area contributed by atoms with Gasteiger partial charge in [0, 0.05) is 11.4 Å². The summed E-state index contributed by atoms with van der Waals surface area (Å²) in [6, 6.07) is 1.89. The zero-order valence-corrected chi connectivity index (χ0v) is 12.4. The number of amides is 1. The van der Waals surface area contributed by atoms with Crippen molar-refractivity contribution in [2.75, 3.05) is 11.1 Å². The number of thioether (sulfide) groups is 1. The maximum atomic E-state index is 11.8. The quantitative estimate of drug-likeness (QED) is 0.505. The molecule has 0 aliphatic carbocycles. The van der Waals surface area contributed by atoms with Crippen molar-refractivity contribution in [3.63, 3.8) is 0 Å². The van der Waals surface area contributed by atoms with Gasteiger partial charge in [-0.1, -0.05) is 16.4 Å². The second-order valence-corrected chi connectivity index (χ2v) is 5.13. The fourth-order valence-electron chi connectivity index (χ4n) is 1.54. The van der Waals surface area contributed by atoms with Crippen LogP contribution in [0.25, 0.3) is 0 Å². The van der Waals surface area contributed by atoms with E-state index in [1.54, 1.807) is 10.9 Å². The molecule has 2 aromatic rings. The Morgan fingerprint density at radius 1 is 1.40 bits per heavy atom. The van der Waals surface area contributed by atoms with E-state index < -0.39 is 0 Å². The van der Waals surface area contributed by atoms with Crippen molar-refractivity contribution in [1.82, 2.24) is 15.2 Å². The Labute approximate surface area is 120 Å². The molecule has 1 N–H and O–H groups in total. The summed E-state index contributed by atoms with van der Waals surface area (Å²) in [7, 11) is 0. The van der Waals surface area contributed by atoms with Gasteiger partial charge in [-0.3, -0.25) is 14.6 Å². The van der Waals surface area contributed by atoms with E-state index in [9.17, 15) is 4.79 Å². The van der Waals surface area contributed by atoms with Crippen molar-refractivity contribution in [3.05, 3.63) is 23.7 Å². The molecule has 0 saturated heterocycles. The largest absolute Gasteiger partial charge is 0.302 e. The van der Waals surface area contributed by atoms with Crippen LogP contribution in [-0.2, 0) is 11.3 Å². The van der Waals surface area contributed by atoms with E-state index in [4.69, 9.17) is 4.52 Å². The number of anilines is 1. The maximum Gasteiger partial charge on any atom is 0.302 e. The third-order valence-corrected chi connectivity index (χ3v) is 3.24. The highest BCUT2D eigenvalue weighted by atomic mass is 32.2. The minimum absolute atomic E-state index is 0.183. The highest BCUT2D eigenvalue weighted by Gasteiger charge is 2.13. The molecular formula is C12H16N5O2S+. The van der Waals surface area contributed by atoms with Crippen molar-refractivity contribution in [2.24, 2.45) is 0 Å². The first-order valence-corrected chi connectivity index (χ1v) is 7.16. The first-order valence-electron chi connectivity index (χ1n) is 6.18. The van der Waals surface area contributed by atoms with E-state index in [0.29, 0.717) is 17.6 Å². The molecule has 0 unspecified atom stereocenters. The molecule has 0 spiro atoms. The maximum absolute atomic E-state index is 11.8. The predicted molar refractivity (Wildman–Crippen MR) is 73.2 cm³/mol. The molecule has 8 heteroatoms. The standard InChI is InChI=1S/C12H15N5O2S/c1-4-17-6-11(19-16-17)15-10(18)7-20-12-13-8(2)5-9(3)14-12/h5-6H,4,7H2,1-3H3/p+1. The van der Waals surface area contributed by atoms with E-state index in [0.717, 1.165) is 11.4 Å². The molecule has 0 bridgehead atoms. The van der Waals surface area contributed by atoms with Crippen molar-refractivity contribution in [1.29, 1.82) is 0 Å². The third kappa shape index (κ3) is 4.02. The second-order valence-electron chi connectivity index (χ2n) is 4.19. The highest BCUT2D eigenvalue weighted by Crippen LogP contribution is 2.14. The molecule has 2 heterocycles. The van der Waals surface area contributed by atoms with Crippen LogP contribution in [0.15, 0.2) is 21.9 Å². The van der Waals surface area contributed by atoms with Gasteiger partial charge in [0.05, 0.1) is 5.75 Å². The summed E-state index contributed by atoms with van der Waals surface area (Å²) in [5.74, 6) is 0.367. The molecule has 0 saturated carbocycles. The lowest BCUT2D eigenvalue weighted by atomic mass is 10.4. The summed E-state index contributed by atoms with van der Waals surface area (Å²) < 4.78 is 6.55. The van der Waals surface area contributed by atoms with Crippen LogP contribution >= 0.6 is 11.8 Å². The van der Waals surface area contributed by atoms with Gasteiger partial charge in [0.2, 0.25) is 11.2 Å². The van der Waals surface area contributed by atoms with Crippen molar-refractivity contribution in [2.45, 2.75) is 32.5 Å². The van der Waals surface area contributed by atoms with E-state index >= 15 is 0 Å². The highest BCUT2D eigenvalue weighted by molar-refractivity contribution is 7.99. The summed E-state index contributed by atoms with van der Waals surface area (Å²) in [4.78, 5) is 20.3. The second kappa shape index (κ2) is 6.47. The van der Waals surface area contributed by atoms with Gasteiger partial charge < -0.3 is 0 Å². The van der Waals surface area contributed by atoms with E-state index in [1.165, 1.54) is 11.8 Å². The summed E-state index contributed by atoms with van der Waals surface area (Å²) in [5.41, 5.74) is 1.78. The fraction of sp³-hybridized carbons (Fsp3) is 0.417. The molecule has 0 radical (unpaired) electrons. The molecule has 0 aliphatic rings.